The normalized spacial score (nSPS) is 34.0. The van der Waals surface area contributed by atoms with Gasteiger partial charge < -0.3 is 14.8 Å². The van der Waals surface area contributed by atoms with Crippen molar-refractivity contribution in [3.63, 3.8) is 0 Å². The molecule has 2 atom stereocenters. The average molecular weight is 299 g/mol. The number of nitrogens with one attached hydrogen (secondary N) is 1. The summed E-state index contributed by atoms with van der Waals surface area (Å²) < 4.78 is 11.7. The van der Waals surface area contributed by atoms with E-state index in [1.54, 1.807) is 0 Å². The third kappa shape index (κ3) is 3.56. The third-order valence-electron chi connectivity index (χ3n) is 4.79. The number of ether oxygens (including phenoxy) is 2. The number of carbonyl (C=O) groups excluding carboxylic acids is 1. The molecule has 3 fully saturated rings. The van der Waals surface area contributed by atoms with Crippen LogP contribution in [0.2, 0.25) is 0 Å². The van der Waals surface area contributed by atoms with Gasteiger partial charge in [0.15, 0.2) is 0 Å². The predicted molar refractivity (Wildman–Crippen MR) is 80.2 cm³/mol. The molecule has 5 heteroatoms. The molecule has 2 unspecified atom stereocenters. The highest BCUT2D eigenvalue weighted by Crippen LogP contribution is 2.40. The molecule has 0 radical (unpaired) electrons. The van der Waals surface area contributed by atoms with Crippen LogP contribution < -0.4 is 5.32 Å². The summed E-state index contributed by atoms with van der Waals surface area (Å²) >= 11 is 2.01. The fourth-order valence-corrected chi connectivity index (χ4v) is 4.77. The summed E-state index contributed by atoms with van der Waals surface area (Å²) in [7, 11) is 0. The first-order valence-electron chi connectivity index (χ1n) is 7.84. The maximum Gasteiger partial charge on any atom is 0.138 e. The fraction of sp³-hybridized carbons (Fsp3) is 0.933. The van der Waals surface area contributed by atoms with Gasteiger partial charge in [0.25, 0.3) is 0 Å². The van der Waals surface area contributed by atoms with Crippen molar-refractivity contribution in [3.8, 4) is 0 Å². The van der Waals surface area contributed by atoms with E-state index in [0.717, 1.165) is 52.0 Å². The van der Waals surface area contributed by atoms with Crippen molar-refractivity contribution in [1.29, 1.82) is 0 Å². The van der Waals surface area contributed by atoms with Crippen LogP contribution in [0.25, 0.3) is 0 Å². The standard InChI is InChI=1S/C15H25NO3S/c17-14(9-13-11-16-4-6-18-13)12-1-5-19-15(10-12)2-7-20-8-3-15/h12-13,16H,1-11H2. The second-order valence-corrected chi connectivity index (χ2v) is 7.43. The first kappa shape index (κ1) is 14.8. The molecule has 0 aliphatic carbocycles. The summed E-state index contributed by atoms with van der Waals surface area (Å²) in [6.45, 7) is 3.21. The molecule has 1 spiro atoms. The molecule has 0 aromatic carbocycles. The molecule has 3 heterocycles. The summed E-state index contributed by atoms with van der Waals surface area (Å²) in [5, 5.41) is 3.30. The second-order valence-electron chi connectivity index (χ2n) is 6.20. The maximum absolute atomic E-state index is 12.5. The highest BCUT2D eigenvalue weighted by atomic mass is 32.2. The van der Waals surface area contributed by atoms with E-state index in [9.17, 15) is 4.79 Å². The van der Waals surface area contributed by atoms with Crippen LogP contribution in [-0.4, -0.2) is 55.3 Å². The minimum absolute atomic E-state index is 0.00942. The molecular formula is C15H25NO3S. The largest absolute Gasteiger partial charge is 0.375 e. The number of morpholine rings is 1. The highest BCUT2D eigenvalue weighted by molar-refractivity contribution is 7.99. The van der Waals surface area contributed by atoms with E-state index in [4.69, 9.17) is 9.47 Å². The maximum atomic E-state index is 12.5. The van der Waals surface area contributed by atoms with Gasteiger partial charge in [-0.25, -0.2) is 0 Å². The van der Waals surface area contributed by atoms with Crippen molar-refractivity contribution < 1.29 is 14.3 Å². The van der Waals surface area contributed by atoms with Gasteiger partial charge in [-0.3, -0.25) is 4.79 Å². The highest BCUT2D eigenvalue weighted by Gasteiger charge is 2.41. The van der Waals surface area contributed by atoms with E-state index in [-0.39, 0.29) is 17.6 Å². The third-order valence-corrected chi connectivity index (χ3v) is 5.77. The minimum Gasteiger partial charge on any atom is -0.375 e. The molecule has 114 valence electrons. The Morgan fingerprint density at radius 3 is 2.90 bits per heavy atom. The zero-order valence-corrected chi connectivity index (χ0v) is 12.9. The van der Waals surface area contributed by atoms with Gasteiger partial charge in [0.05, 0.1) is 18.3 Å². The molecule has 0 bridgehead atoms. The van der Waals surface area contributed by atoms with Crippen molar-refractivity contribution in [2.24, 2.45) is 5.92 Å². The number of Topliss-reactive ketones (excluding diaryl/α,β-unsaturated/α-hetero) is 1. The Morgan fingerprint density at radius 2 is 2.15 bits per heavy atom. The fourth-order valence-electron chi connectivity index (χ4n) is 3.54. The Bertz CT molecular complexity index is 333. The molecule has 3 aliphatic rings. The number of hydrogen-bond donors (Lipinski definition) is 1. The van der Waals surface area contributed by atoms with Crippen LogP contribution in [0.4, 0.5) is 0 Å². The van der Waals surface area contributed by atoms with Gasteiger partial charge in [-0.15, -0.1) is 0 Å². The Morgan fingerprint density at radius 1 is 1.30 bits per heavy atom. The van der Waals surface area contributed by atoms with Crippen LogP contribution in [0.15, 0.2) is 0 Å². The van der Waals surface area contributed by atoms with Gasteiger partial charge in [0.2, 0.25) is 0 Å². The van der Waals surface area contributed by atoms with Crippen molar-refractivity contribution >= 4 is 17.5 Å². The van der Waals surface area contributed by atoms with Gasteiger partial charge >= 0.3 is 0 Å². The summed E-state index contributed by atoms with van der Waals surface area (Å²) in [6.07, 6.45) is 4.71. The number of carbonyl (C=O) groups is 1. The van der Waals surface area contributed by atoms with E-state index in [2.05, 4.69) is 5.32 Å². The van der Waals surface area contributed by atoms with Crippen LogP contribution >= 0.6 is 11.8 Å². The Balaban J connectivity index is 1.54. The van der Waals surface area contributed by atoms with Gasteiger partial charge in [0, 0.05) is 32.0 Å². The zero-order chi connectivity index (χ0) is 13.8. The molecule has 3 saturated heterocycles. The van der Waals surface area contributed by atoms with E-state index in [1.165, 1.54) is 11.5 Å². The lowest BCUT2D eigenvalue weighted by Crippen LogP contribution is -2.46. The van der Waals surface area contributed by atoms with E-state index in [1.807, 2.05) is 11.8 Å². The lowest BCUT2D eigenvalue weighted by atomic mass is 9.79. The lowest BCUT2D eigenvalue weighted by Gasteiger charge is -2.43. The molecule has 0 aromatic rings. The Labute approximate surface area is 125 Å². The van der Waals surface area contributed by atoms with Gasteiger partial charge in [-0.2, -0.15) is 11.8 Å². The van der Waals surface area contributed by atoms with Crippen LogP contribution in [0, 0.1) is 5.92 Å². The summed E-state index contributed by atoms with van der Waals surface area (Å²) in [6, 6.07) is 0. The second kappa shape index (κ2) is 6.77. The number of thioether (sulfide) groups is 1. The summed E-state index contributed by atoms with van der Waals surface area (Å²) in [5.74, 6) is 2.93. The van der Waals surface area contributed by atoms with Crippen molar-refractivity contribution in [2.45, 2.75) is 43.8 Å². The van der Waals surface area contributed by atoms with E-state index in [0.29, 0.717) is 12.2 Å². The molecule has 3 rings (SSSR count). The summed E-state index contributed by atoms with van der Waals surface area (Å²) in [5.41, 5.74) is 0.00942. The van der Waals surface area contributed by atoms with E-state index >= 15 is 0 Å². The Hall–Kier alpha value is -0.100. The lowest BCUT2D eigenvalue weighted by molar-refractivity contribution is -0.141. The van der Waals surface area contributed by atoms with Crippen molar-refractivity contribution in [3.05, 3.63) is 0 Å². The van der Waals surface area contributed by atoms with E-state index < -0.39 is 0 Å². The molecule has 3 aliphatic heterocycles. The smallest absolute Gasteiger partial charge is 0.138 e. The van der Waals surface area contributed by atoms with Gasteiger partial charge in [-0.05, 0) is 37.2 Å². The first-order chi connectivity index (χ1) is 9.77. The predicted octanol–water partition coefficient (Wildman–Crippen LogP) is 1.63. The van der Waals surface area contributed by atoms with Crippen LogP contribution in [0.3, 0.4) is 0 Å². The average Bonchev–Trinajstić information content (AvgIpc) is 2.49. The zero-order valence-electron chi connectivity index (χ0n) is 12.1. The molecule has 0 amide bonds. The van der Waals surface area contributed by atoms with Gasteiger partial charge in [-0.1, -0.05) is 0 Å². The van der Waals surface area contributed by atoms with Crippen LogP contribution in [-0.2, 0) is 14.3 Å². The SMILES string of the molecule is O=C(CC1CNCCO1)C1CCOC2(CCSCC2)C1. The topological polar surface area (TPSA) is 47.6 Å². The number of hydrogen-bond acceptors (Lipinski definition) is 5. The minimum atomic E-state index is 0.00942. The van der Waals surface area contributed by atoms with Crippen LogP contribution in [0.5, 0.6) is 0 Å². The molecule has 0 aromatic heterocycles. The molecular weight excluding hydrogens is 274 g/mol. The van der Waals surface area contributed by atoms with Gasteiger partial charge in [0.1, 0.15) is 5.78 Å². The molecule has 4 nitrogen and oxygen atoms in total. The van der Waals surface area contributed by atoms with Crippen LogP contribution in [0.1, 0.15) is 32.1 Å². The molecule has 20 heavy (non-hydrogen) atoms. The Kier molecular flexibility index (Phi) is 5.02. The summed E-state index contributed by atoms with van der Waals surface area (Å²) in [4.78, 5) is 12.5. The first-order valence-corrected chi connectivity index (χ1v) is 9.00. The molecule has 1 N–H and O–H groups in total. The monoisotopic (exact) mass is 299 g/mol. The molecule has 0 saturated carbocycles. The van der Waals surface area contributed by atoms with Crippen molar-refractivity contribution in [2.75, 3.05) is 37.8 Å². The van der Waals surface area contributed by atoms with Crippen molar-refractivity contribution in [1.82, 2.24) is 5.32 Å². The quantitative estimate of drug-likeness (QED) is 0.858. The number of rotatable bonds is 3. The number of ketones is 1.